The van der Waals surface area contributed by atoms with Crippen LogP contribution in [0.3, 0.4) is 0 Å². The molecule has 222 valence electrons. The SMILES string of the molecule is C/C1=C\C=C/C(C)N(c2ccc(-c3ccccc3)cc2)C2CC=CC(NC3=CC=C(c4cccc(-c5ccccc5)c4)CC3)=C12. The van der Waals surface area contributed by atoms with E-state index < -0.39 is 0 Å². The van der Waals surface area contributed by atoms with Crippen LogP contribution >= 0.6 is 0 Å². The zero-order valence-corrected chi connectivity index (χ0v) is 26.2. The normalized spacial score (nSPS) is 21.5. The first-order chi connectivity index (χ1) is 22.1. The van der Waals surface area contributed by atoms with Gasteiger partial charge in [-0.2, -0.15) is 0 Å². The standard InChI is InChI=1S/C43H40N2/c1-31-12-9-13-32(2)45(40-28-24-35(25-29-40)33-14-5-3-6-15-33)42-21-11-20-41(43(31)42)44-39-26-22-36(23-27-39)38-19-10-18-37(30-38)34-16-7-4-8-17-34/h3-20,22,24-26,28-30,32,42,44H,21,23,27H2,1-2H3/b13-9-,31-12+. The molecule has 2 heteroatoms. The van der Waals surface area contributed by atoms with Crippen LogP contribution in [0.4, 0.5) is 5.69 Å². The average molecular weight is 585 g/mol. The minimum atomic E-state index is 0.243. The highest BCUT2D eigenvalue weighted by atomic mass is 15.2. The van der Waals surface area contributed by atoms with Crippen LogP contribution in [0.15, 0.2) is 174 Å². The summed E-state index contributed by atoms with van der Waals surface area (Å²) in [5.74, 6) is 0. The molecule has 7 rings (SSSR count). The van der Waals surface area contributed by atoms with E-state index in [1.165, 1.54) is 61.6 Å². The van der Waals surface area contributed by atoms with Crippen LogP contribution in [0.25, 0.3) is 27.8 Å². The van der Waals surface area contributed by atoms with Gasteiger partial charge in [-0.25, -0.2) is 0 Å². The molecule has 0 fully saturated rings. The van der Waals surface area contributed by atoms with Crippen molar-refractivity contribution in [3.05, 3.63) is 180 Å². The molecule has 4 aromatic rings. The van der Waals surface area contributed by atoms with Crippen molar-refractivity contribution in [2.75, 3.05) is 4.90 Å². The van der Waals surface area contributed by atoms with E-state index in [1.807, 2.05) is 0 Å². The van der Waals surface area contributed by atoms with Crippen molar-refractivity contribution in [3.63, 3.8) is 0 Å². The highest BCUT2D eigenvalue weighted by molar-refractivity contribution is 5.74. The van der Waals surface area contributed by atoms with Gasteiger partial charge in [0.05, 0.1) is 6.04 Å². The van der Waals surface area contributed by atoms with Crippen molar-refractivity contribution < 1.29 is 0 Å². The molecule has 0 saturated heterocycles. The number of rotatable bonds is 6. The van der Waals surface area contributed by atoms with Gasteiger partial charge in [-0.1, -0.05) is 121 Å². The maximum Gasteiger partial charge on any atom is 0.0606 e. The van der Waals surface area contributed by atoms with Gasteiger partial charge in [-0.15, -0.1) is 0 Å². The third kappa shape index (κ3) is 6.14. The molecule has 0 bridgehead atoms. The lowest BCUT2D eigenvalue weighted by Crippen LogP contribution is -2.44. The molecular weight excluding hydrogens is 544 g/mol. The predicted molar refractivity (Wildman–Crippen MR) is 192 cm³/mol. The van der Waals surface area contributed by atoms with Gasteiger partial charge in [-0.05, 0) is 102 Å². The van der Waals surface area contributed by atoms with Crippen LogP contribution in [0.2, 0.25) is 0 Å². The molecule has 2 atom stereocenters. The van der Waals surface area contributed by atoms with E-state index in [-0.39, 0.29) is 12.1 Å². The zero-order valence-electron chi connectivity index (χ0n) is 26.2. The summed E-state index contributed by atoms with van der Waals surface area (Å²) < 4.78 is 0. The van der Waals surface area contributed by atoms with Crippen molar-refractivity contribution in [1.82, 2.24) is 5.32 Å². The van der Waals surface area contributed by atoms with E-state index in [2.05, 4.69) is 176 Å². The Labute approximate surface area is 268 Å². The van der Waals surface area contributed by atoms with Crippen LogP contribution in [0.5, 0.6) is 0 Å². The lowest BCUT2D eigenvalue weighted by atomic mass is 9.86. The van der Waals surface area contributed by atoms with Gasteiger partial charge in [0.15, 0.2) is 0 Å². The largest absolute Gasteiger partial charge is 0.359 e. The summed E-state index contributed by atoms with van der Waals surface area (Å²) in [6.07, 6.45) is 19.0. The highest BCUT2D eigenvalue weighted by Gasteiger charge is 2.31. The molecule has 4 aromatic carbocycles. The van der Waals surface area contributed by atoms with Crippen molar-refractivity contribution in [1.29, 1.82) is 0 Å². The number of anilines is 1. The second-order valence-corrected chi connectivity index (χ2v) is 12.2. The van der Waals surface area contributed by atoms with Crippen LogP contribution in [-0.4, -0.2) is 12.1 Å². The molecule has 2 aliphatic carbocycles. The Kier molecular flexibility index (Phi) is 8.21. The molecule has 0 amide bonds. The van der Waals surface area contributed by atoms with Crippen molar-refractivity contribution in [2.24, 2.45) is 0 Å². The van der Waals surface area contributed by atoms with Crippen LogP contribution in [0.1, 0.15) is 38.7 Å². The summed E-state index contributed by atoms with van der Waals surface area (Å²) in [6.45, 7) is 4.56. The lowest BCUT2D eigenvalue weighted by Gasteiger charge is -2.41. The number of nitrogens with zero attached hydrogens (tertiary/aromatic N) is 1. The minimum Gasteiger partial charge on any atom is -0.359 e. The number of allylic oxidation sites excluding steroid dienone is 7. The predicted octanol–water partition coefficient (Wildman–Crippen LogP) is 10.7. The fourth-order valence-corrected chi connectivity index (χ4v) is 6.92. The highest BCUT2D eigenvalue weighted by Crippen LogP contribution is 2.37. The van der Waals surface area contributed by atoms with Crippen molar-refractivity contribution in [3.8, 4) is 22.3 Å². The molecule has 1 N–H and O–H groups in total. The second-order valence-electron chi connectivity index (χ2n) is 12.2. The fourth-order valence-electron chi connectivity index (χ4n) is 6.92. The number of nitrogens with one attached hydrogen (secondary N) is 1. The van der Waals surface area contributed by atoms with E-state index in [0.29, 0.717) is 0 Å². The Balaban J connectivity index is 1.17. The summed E-state index contributed by atoms with van der Waals surface area (Å²) in [4.78, 5) is 2.59. The molecule has 0 spiro atoms. The summed E-state index contributed by atoms with van der Waals surface area (Å²) in [5.41, 5.74) is 14.1. The van der Waals surface area contributed by atoms with Crippen LogP contribution in [-0.2, 0) is 0 Å². The molecule has 2 unspecified atom stereocenters. The maximum atomic E-state index is 3.88. The molecule has 1 heterocycles. The smallest absolute Gasteiger partial charge is 0.0606 e. The Morgan fingerprint density at radius 3 is 2.04 bits per heavy atom. The third-order valence-electron chi connectivity index (χ3n) is 9.26. The molecule has 0 radical (unpaired) electrons. The van der Waals surface area contributed by atoms with Gasteiger partial charge in [0, 0.05) is 28.7 Å². The number of hydrogen-bond donors (Lipinski definition) is 1. The average Bonchev–Trinajstić information content (AvgIpc) is 3.09. The summed E-state index contributed by atoms with van der Waals surface area (Å²) in [5, 5.41) is 3.88. The molecule has 45 heavy (non-hydrogen) atoms. The monoisotopic (exact) mass is 584 g/mol. The Bertz CT molecular complexity index is 1850. The topological polar surface area (TPSA) is 15.3 Å². The molecule has 0 aromatic heterocycles. The molecule has 3 aliphatic rings. The fraction of sp³-hybridized carbons (Fsp3) is 0.163. The van der Waals surface area contributed by atoms with Gasteiger partial charge in [0.25, 0.3) is 0 Å². The molecule has 0 saturated carbocycles. The third-order valence-corrected chi connectivity index (χ3v) is 9.26. The Morgan fingerprint density at radius 1 is 0.667 bits per heavy atom. The first-order valence-corrected chi connectivity index (χ1v) is 16.2. The van der Waals surface area contributed by atoms with Crippen LogP contribution in [0, 0.1) is 0 Å². The molecule has 1 aliphatic heterocycles. The Hall–Kier alpha value is -5.08. The first-order valence-electron chi connectivity index (χ1n) is 16.2. The van der Waals surface area contributed by atoms with Crippen molar-refractivity contribution in [2.45, 2.75) is 45.2 Å². The number of benzene rings is 4. The number of fused-ring (bicyclic) bond motifs is 1. The van der Waals surface area contributed by atoms with Crippen LogP contribution < -0.4 is 10.2 Å². The number of hydrogen-bond acceptors (Lipinski definition) is 2. The molecular formula is C43H40N2. The Morgan fingerprint density at radius 2 is 1.33 bits per heavy atom. The van der Waals surface area contributed by atoms with Crippen molar-refractivity contribution >= 4 is 11.3 Å². The van der Waals surface area contributed by atoms with Gasteiger partial charge >= 0.3 is 0 Å². The lowest BCUT2D eigenvalue weighted by molar-refractivity contribution is 0.613. The van der Waals surface area contributed by atoms with E-state index in [4.69, 9.17) is 0 Å². The van der Waals surface area contributed by atoms with E-state index in [1.54, 1.807) is 0 Å². The van der Waals surface area contributed by atoms with E-state index in [9.17, 15) is 0 Å². The van der Waals surface area contributed by atoms with E-state index >= 15 is 0 Å². The van der Waals surface area contributed by atoms with Gasteiger partial charge < -0.3 is 10.2 Å². The maximum absolute atomic E-state index is 3.88. The zero-order chi connectivity index (χ0) is 30.6. The second kappa shape index (κ2) is 12.9. The summed E-state index contributed by atoms with van der Waals surface area (Å²) in [6, 6.07) is 39.8. The minimum absolute atomic E-state index is 0.243. The molecule has 2 nitrogen and oxygen atoms in total. The van der Waals surface area contributed by atoms with Gasteiger partial charge in [0.1, 0.15) is 0 Å². The van der Waals surface area contributed by atoms with E-state index in [0.717, 1.165) is 19.3 Å². The summed E-state index contributed by atoms with van der Waals surface area (Å²) in [7, 11) is 0. The van der Waals surface area contributed by atoms with Gasteiger partial charge in [0.2, 0.25) is 0 Å². The first kappa shape index (κ1) is 28.7. The summed E-state index contributed by atoms with van der Waals surface area (Å²) >= 11 is 0. The van der Waals surface area contributed by atoms with Gasteiger partial charge in [-0.3, -0.25) is 0 Å². The quantitative estimate of drug-likeness (QED) is 0.242.